The average molecular weight is 477 g/mol. The molecule has 1 saturated heterocycles. The number of rotatable bonds is 7. The number of carbonyl (C=O) groups is 2. The number of carbonyl (C=O) groups excluding carboxylic acids is 2. The van der Waals surface area contributed by atoms with Crippen LogP contribution in [0.3, 0.4) is 0 Å². The molecule has 1 heterocycles. The molecule has 1 fully saturated rings. The molecule has 1 aliphatic rings. The summed E-state index contributed by atoms with van der Waals surface area (Å²) in [4.78, 5) is 28.7. The second-order valence-corrected chi connectivity index (χ2v) is 8.78. The van der Waals surface area contributed by atoms with Gasteiger partial charge < -0.3 is 10.6 Å². The summed E-state index contributed by atoms with van der Waals surface area (Å²) in [7, 11) is 0. The summed E-state index contributed by atoms with van der Waals surface area (Å²) in [6.45, 7) is 8.59. The summed E-state index contributed by atoms with van der Waals surface area (Å²) in [5.74, 6) is -0.564. The third kappa shape index (κ3) is 7.04. The first-order chi connectivity index (χ1) is 16.0. The number of hydrogen-bond acceptors (Lipinski definition) is 4. The second kappa shape index (κ2) is 11.0. The van der Waals surface area contributed by atoms with E-state index in [4.69, 9.17) is 0 Å². The number of amides is 2. The van der Waals surface area contributed by atoms with Gasteiger partial charge in [-0.1, -0.05) is 30.3 Å². The van der Waals surface area contributed by atoms with Gasteiger partial charge in [0.05, 0.1) is 30.4 Å². The molecule has 1 aliphatic heterocycles. The fraction of sp³-hybridized carbons (Fsp3) is 0.440. The number of piperazine rings is 1. The Balaban J connectivity index is 1.43. The maximum Gasteiger partial charge on any atom is 0.418 e. The molecule has 6 nitrogen and oxygen atoms in total. The third-order valence-electron chi connectivity index (χ3n) is 6.11. The maximum absolute atomic E-state index is 13.1. The minimum Gasteiger partial charge on any atom is -0.348 e. The lowest BCUT2D eigenvalue weighted by Gasteiger charge is -2.34. The highest BCUT2D eigenvalue weighted by Gasteiger charge is 2.33. The molecular weight excluding hydrogens is 445 g/mol. The van der Waals surface area contributed by atoms with Crippen molar-refractivity contribution in [2.45, 2.75) is 33.0 Å². The highest BCUT2D eigenvalue weighted by molar-refractivity contribution is 5.93. The first-order valence-electron chi connectivity index (χ1n) is 11.3. The van der Waals surface area contributed by atoms with Crippen molar-refractivity contribution in [2.24, 2.45) is 0 Å². The second-order valence-electron chi connectivity index (χ2n) is 8.78. The number of alkyl halides is 3. The number of nitrogens with zero attached hydrogens (tertiary/aromatic N) is 2. The molecule has 0 radical (unpaired) electrons. The lowest BCUT2D eigenvalue weighted by atomic mass is 10.0. The fourth-order valence-corrected chi connectivity index (χ4v) is 3.95. The first-order valence-corrected chi connectivity index (χ1v) is 11.3. The molecule has 2 N–H and O–H groups in total. The van der Waals surface area contributed by atoms with E-state index in [0.717, 1.165) is 11.6 Å². The van der Waals surface area contributed by atoms with Crippen LogP contribution in [0.4, 0.5) is 18.9 Å². The van der Waals surface area contributed by atoms with Gasteiger partial charge in [-0.3, -0.25) is 19.4 Å². The Morgan fingerprint density at radius 1 is 0.912 bits per heavy atom. The topological polar surface area (TPSA) is 64.7 Å². The van der Waals surface area contributed by atoms with E-state index in [2.05, 4.69) is 16.7 Å². The monoisotopic (exact) mass is 476 g/mol. The van der Waals surface area contributed by atoms with Gasteiger partial charge >= 0.3 is 6.18 Å². The first kappa shape index (κ1) is 25.7. The number of benzene rings is 2. The smallest absolute Gasteiger partial charge is 0.348 e. The normalized spacial score (nSPS) is 16.2. The standard InChI is InChI=1S/C25H31F3N4O2/c1-17-8-9-20(14-18(17)2)19(3)29-23(33)15-31-10-12-32(13-11-31)16-24(34)30-22-7-5-4-6-21(22)25(26,27)28/h4-9,14,19H,10-13,15-16H2,1-3H3,(H,29,33)(H,30,34). The maximum atomic E-state index is 13.1. The highest BCUT2D eigenvalue weighted by Crippen LogP contribution is 2.34. The molecule has 0 aliphatic carbocycles. The van der Waals surface area contributed by atoms with E-state index in [1.54, 1.807) is 0 Å². The molecule has 2 amide bonds. The van der Waals surface area contributed by atoms with Gasteiger partial charge in [-0.05, 0) is 49.6 Å². The SMILES string of the molecule is Cc1ccc(C(C)NC(=O)CN2CCN(CC(=O)Nc3ccccc3C(F)(F)F)CC2)cc1C. The largest absolute Gasteiger partial charge is 0.418 e. The fourth-order valence-electron chi connectivity index (χ4n) is 3.95. The van der Waals surface area contributed by atoms with E-state index in [1.165, 1.54) is 29.3 Å². The Bertz CT molecular complexity index is 1020. The van der Waals surface area contributed by atoms with E-state index in [-0.39, 0.29) is 30.7 Å². The Morgan fingerprint density at radius 3 is 2.09 bits per heavy atom. The van der Waals surface area contributed by atoms with Crippen LogP contribution in [-0.2, 0) is 15.8 Å². The number of halogens is 3. The van der Waals surface area contributed by atoms with Crippen LogP contribution in [-0.4, -0.2) is 60.9 Å². The summed E-state index contributed by atoms with van der Waals surface area (Å²) in [5, 5.41) is 5.40. The third-order valence-corrected chi connectivity index (χ3v) is 6.11. The van der Waals surface area contributed by atoms with E-state index in [0.29, 0.717) is 26.2 Å². The number of anilines is 1. The van der Waals surface area contributed by atoms with Crippen LogP contribution in [0.25, 0.3) is 0 Å². The van der Waals surface area contributed by atoms with Crippen molar-refractivity contribution in [1.29, 1.82) is 0 Å². The van der Waals surface area contributed by atoms with Crippen molar-refractivity contribution in [2.75, 3.05) is 44.6 Å². The highest BCUT2D eigenvalue weighted by atomic mass is 19.4. The predicted molar refractivity (Wildman–Crippen MR) is 125 cm³/mol. The van der Waals surface area contributed by atoms with Crippen LogP contribution in [0.2, 0.25) is 0 Å². The molecule has 0 spiro atoms. The van der Waals surface area contributed by atoms with Gasteiger partial charge in [0.25, 0.3) is 0 Å². The predicted octanol–water partition coefficient (Wildman–Crippen LogP) is 3.76. The van der Waals surface area contributed by atoms with Crippen molar-refractivity contribution in [3.05, 3.63) is 64.7 Å². The molecule has 0 saturated carbocycles. The van der Waals surface area contributed by atoms with Crippen LogP contribution in [0, 0.1) is 13.8 Å². The zero-order valence-corrected chi connectivity index (χ0v) is 19.7. The van der Waals surface area contributed by atoms with Gasteiger partial charge in [0.15, 0.2) is 0 Å². The van der Waals surface area contributed by atoms with Crippen molar-refractivity contribution in [1.82, 2.24) is 15.1 Å². The zero-order chi connectivity index (χ0) is 24.9. The van der Waals surface area contributed by atoms with Crippen LogP contribution in [0.5, 0.6) is 0 Å². The van der Waals surface area contributed by atoms with Gasteiger partial charge in [-0.2, -0.15) is 13.2 Å². The quantitative estimate of drug-likeness (QED) is 0.639. The Hall–Kier alpha value is -2.91. The van der Waals surface area contributed by atoms with Gasteiger partial charge in [0, 0.05) is 26.2 Å². The van der Waals surface area contributed by atoms with Gasteiger partial charge in [0.2, 0.25) is 11.8 Å². The molecule has 0 aromatic heterocycles. The van der Waals surface area contributed by atoms with Gasteiger partial charge in [0.1, 0.15) is 0 Å². The molecular formula is C25H31F3N4O2. The average Bonchev–Trinajstić information content (AvgIpc) is 2.76. The van der Waals surface area contributed by atoms with Gasteiger partial charge in [-0.25, -0.2) is 0 Å². The molecule has 1 unspecified atom stereocenters. The van der Waals surface area contributed by atoms with E-state index in [9.17, 15) is 22.8 Å². The van der Waals surface area contributed by atoms with Crippen molar-refractivity contribution in [3.8, 4) is 0 Å². The van der Waals surface area contributed by atoms with Crippen molar-refractivity contribution >= 4 is 17.5 Å². The van der Waals surface area contributed by atoms with Crippen LogP contribution in [0.15, 0.2) is 42.5 Å². The summed E-state index contributed by atoms with van der Waals surface area (Å²) in [6.07, 6.45) is -4.54. The van der Waals surface area contributed by atoms with Crippen molar-refractivity contribution < 1.29 is 22.8 Å². The van der Waals surface area contributed by atoms with Crippen LogP contribution >= 0.6 is 0 Å². The van der Waals surface area contributed by atoms with E-state index < -0.39 is 17.6 Å². The number of para-hydroxylation sites is 1. The summed E-state index contributed by atoms with van der Waals surface area (Å²) >= 11 is 0. The Morgan fingerprint density at radius 2 is 1.50 bits per heavy atom. The lowest BCUT2D eigenvalue weighted by Crippen LogP contribution is -2.51. The summed E-state index contributed by atoms with van der Waals surface area (Å²) in [5.41, 5.74) is 2.33. The van der Waals surface area contributed by atoms with E-state index >= 15 is 0 Å². The van der Waals surface area contributed by atoms with Crippen LogP contribution in [0.1, 0.15) is 35.2 Å². The number of nitrogens with one attached hydrogen (secondary N) is 2. The molecule has 34 heavy (non-hydrogen) atoms. The number of aryl methyl sites for hydroxylation is 2. The number of hydrogen-bond donors (Lipinski definition) is 2. The van der Waals surface area contributed by atoms with Gasteiger partial charge in [-0.15, -0.1) is 0 Å². The Labute approximate surface area is 198 Å². The zero-order valence-electron chi connectivity index (χ0n) is 19.7. The molecule has 9 heteroatoms. The molecule has 2 aromatic carbocycles. The van der Waals surface area contributed by atoms with Crippen molar-refractivity contribution in [3.63, 3.8) is 0 Å². The lowest BCUT2D eigenvalue weighted by molar-refractivity contribution is -0.137. The minimum atomic E-state index is -4.54. The van der Waals surface area contributed by atoms with E-state index in [1.807, 2.05) is 42.7 Å². The van der Waals surface area contributed by atoms with Crippen LogP contribution < -0.4 is 10.6 Å². The molecule has 1 atom stereocenters. The Kier molecular flexibility index (Phi) is 8.33. The summed E-state index contributed by atoms with van der Waals surface area (Å²) in [6, 6.07) is 11.0. The minimum absolute atomic E-state index is 0.00393. The molecule has 0 bridgehead atoms. The molecule has 184 valence electrons. The molecule has 2 aromatic rings. The molecule has 3 rings (SSSR count). The summed E-state index contributed by atoms with van der Waals surface area (Å²) < 4.78 is 39.3.